The van der Waals surface area contributed by atoms with Gasteiger partial charge in [0.15, 0.2) is 8.32 Å². The van der Waals surface area contributed by atoms with Crippen molar-refractivity contribution in [1.82, 2.24) is 0 Å². The second kappa shape index (κ2) is 8.28. The summed E-state index contributed by atoms with van der Waals surface area (Å²) in [6.07, 6.45) is 7.16. The van der Waals surface area contributed by atoms with Gasteiger partial charge in [0.05, 0.1) is 12.2 Å². The molecule has 3 atom stereocenters. The highest BCUT2D eigenvalue weighted by Gasteiger charge is 2.51. The largest absolute Gasteiger partial charge is 0.413 e. The third-order valence-electron chi connectivity index (χ3n) is 6.29. The first kappa shape index (κ1) is 21.8. The lowest BCUT2D eigenvalue weighted by atomic mass is 9.63. The van der Waals surface area contributed by atoms with Crippen LogP contribution in [0.4, 0.5) is 0 Å². The smallest absolute Gasteiger partial charge is 0.184 e. The molecule has 150 valence electrons. The van der Waals surface area contributed by atoms with Crippen LogP contribution in [0.25, 0.3) is 0 Å². The van der Waals surface area contributed by atoms with E-state index in [2.05, 4.69) is 47.0 Å². The Balaban J connectivity index is 1.73. The normalized spacial score (nSPS) is 29.7. The fourth-order valence-corrected chi connectivity index (χ4v) is 7.14. The van der Waals surface area contributed by atoms with Crippen molar-refractivity contribution in [2.24, 2.45) is 17.3 Å². The molecule has 2 fully saturated rings. The number of ketones is 1. The number of hydrogen-bond donors (Lipinski definition) is 0. The van der Waals surface area contributed by atoms with Gasteiger partial charge in [-0.3, -0.25) is 4.79 Å². The Kier molecular flexibility index (Phi) is 6.95. The maximum atomic E-state index is 12.3. The Hall–Kier alpha value is -0.453. The average molecular weight is 381 g/mol. The Morgan fingerprint density at radius 1 is 1.31 bits per heavy atom. The highest BCUT2D eigenvalue weighted by atomic mass is 28.4. The van der Waals surface area contributed by atoms with Crippen molar-refractivity contribution in [3.05, 3.63) is 12.2 Å². The van der Waals surface area contributed by atoms with Gasteiger partial charge in [0.2, 0.25) is 0 Å². The van der Waals surface area contributed by atoms with Crippen LogP contribution in [-0.2, 0) is 14.0 Å². The first-order chi connectivity index (χ1) is 11.9. The molecule has 2 aliphatic carbocycles. The molecule has 0 aromatic heterocycles. The SMILES string of the molecule is C=C(COCCCC(C)(C)O[Si](C)(C)C)C1CCC2C(=O)CCCC12C. The Labute approximate surface area is 162 Å². The number of carbonyl (C=O) groups excluding carboxylic acids is 1. The number of fused-ring (bicyclic) bond motifs is 1. The summed E-state index contributed by atoms with van der Waals surface area (Å²) in [5.41, 5.74) is 1.25. The van der Waals surface area contributed by atoms with Gasteiger partial charge in [0.1, 0.15) is 5.78 Å². The molecule has 0 radical (unpaired) electrons. The maximum Gasteiger partial charge on any atom is 0.184 e. The van der Waals surface area contributed by atoms with Crippen LogP contribution >= 0.6 is 0 Å². The molecule has 0 bridgehead atoms. The molecule has 0 N–H and O–H groups in total. The molecule has 4 heteroatoms. The summed E-state index contributed by atoms with van der Waals surface area (Å²) in [5, 5.41) is 0. The van der Waals surface area contributed by atoms with Crippen molar-refractivity contribution in [3.8, 4) is 0 Å². The fraction of sp³-hybridized carbons (Fsp3) is 0.864. The quantitative estimate of drug-likeness (QED) is 0.290. The van der Waals surface area contributed by atoms with Gasteiger partial charge in [-0.05, 0) is 88.9 Å². The second-order valence-electron chi connectivity index (χ2n) is 10.3. The van der Waals surface area contributed by atoms with E-state index in [1.54, 1.807) is 0 Å². The molecule has 0 aromatic rings. The van der Waals surface area contributed by atoms with Crippen LogP contribution in [0.1, 0.15) is 65.7 Å². The molecule has 2 saturated carbocycles. The standard InChI is InChI=1S/C22H40O3Si/c1-17(16-24-15-9-13-21(2,3)25-26(5,6)7)18-11-12-19-20(23)10-8-14-22(18,19)4/h18-19H,1,8-16H2,2-7H3. The summed E-state index contributed by atoms with van der Waals surface area (Å²) >= 11 is 0. The highest BCUT2D eigenvalue weighted by molar-refractivity contribution is 6.69. The van der Waals surface area contributed by atoms with Gasteiger partial charge in [-0.15, -0.1) is 0 Å². The summed E-state index contributed by atoms with van der Waals surface area (Å²) in [6, 6.07) is 0. The zero-order valence-corrected chi connectivity index (χ0v) is 19.0. The van der Waals surface area contributed by atoms with Crippen molar-refractivity contribution >= 4 is 14.1 Å². The molecule has 0 saturated heterocycles. The number of hydrogen-bond acceptors (Lipinski definition) is 3. The second-order valence-corrected chi connectivity index (χ2v) is 14.7. The van der Waals surface area contributed by atoms with Gasteiger partial charge >= 0.3 is 0 Å². The van der Waals surface area contributed by atoms with E-state index in [9.17, 15) is 4.79 Å². The number of Topliss-reactive ketones (excluding diaryl/α,β-unsaturated/α-hetero) is 1. The summed E-state index contributed by atoms with van der Waals surface area (Å²) in [7, 11) is -1.51. The molecule has 26 heavy (non-hydrogen) atoms. The van der Waals surface area contributed by atoms with Crippen molar-refractivity contribution in [1.29, 1.82) is 0 Å². The van der Waals surface area contributed by atoms with Crippen molar-refractivity contribution in [2.45, 2.75) is 91.0 Å². The third kappa shape index (κ3) is 5.52. The van der Waals surface area contributed by atoms with Crippen LogP contribution < -0.4 is 0 Å². The number of ether oxygens (including phenoxy) is 1. The van der Waals surface area contributed by atoms with Crippen molar-refractivity contribution < 1.29 is 14.0 Å². The molecule has 0 spiro atoms. The first-order valence-electron chi connectivity index (χ1n) is 10.4. The van der Waals surface area contributed by atoms with Crippen LogP contribution in [0.5, 0.6) is 0 Å². The predicted octanol–water partition coefficient (Wildman–Crippen LogP) is 5.76. The molecule has 0 aliphatic heterocycles. The van der Waals surface area contributed by atoms with Crippen molar-refractivity contribution in [2.75, 3.05) is 13.2 Å². The van der Waals surface area contributed by atoms with E-state index in [1.807, 2.05) is 0 Å². The third-order valence-corrected chi connectivity index (χ3v) is 7.46. The summed E-state index contributed by atoms with van der Waals surface area (Å²) < 4.78 is 12.2. The van der Waals surface area contributed by atoms with Gasteiger partial charge in [0, 0.05) is 18.9 Å². The van der Waals surface area contributed by atoms with E-state index in [4.69, 9.17) is 9.16 Å². The van der Waals surface area contributed by atoms with E-state index >= 15 is 0 Å². The lowest BCUT2D eigenvalue weighted by molar-refractivity contribution is -0.129. The summed E-state index contributed by atoms with van der Waals surface area (Å²) in [5.74, 6) is 1.19. The minimum atomic E-state index is -1.51. The first-order valence-corrected chi connectivity index (χ1v) is 13.8. The predicted molar refractivity (Wildman–Crippen MR) is 111 cm³/mol. The minimum absolute atomic E-state index is 0.0700. The number of carbonyl (C=O) groups is 1. The van der Waals surface area contributed by atoms with Gasteiger partial charge in [-0.25, -0.2) is 0 Å². The Morgan fingerprint density at radius 2 is 2.00 bits per heavy atom. The van der Waals surface area contributed by atoms with Crippen LogP contribution in [0, 0.1) is 17.3 Å². The molecule has 3 unspecified atom stereocenters. The zero-order chi connectivity index (χ0) is 19.6. The lowest BCUT2D eigenvalue weighted by Crippen LogP contribution is -2.38. The minimum Gasteiger partial charge on any atom is -0.413 e. The summed E-state index contributed by atoms with van der Waals surface area (Å²) in [4.78, 5) is 12.3. The molecular formula is C22H40O3Si. The Bertz CT molecular complexity index is 520. The number of rotatable bonds is 9. The van der Waals surface area contributed by atoms with E-state index in [0.29, 0.717) is 18.3 Å². The van der Waals surface area contributed by atoms with E-state index < -0.39 is 8.32 Å². The topological polar surface area (TPSA) is 35.5 Å². The summed E-state index contributed by atoms with van der Waals surface area (Å²) in [6.45, 7) is 19.1. The highest BCUT2D eigenvalue weighted by Crippen LogP contribution is 2.56. The van der Waals surface area contributed by atoms with Gasteiger partial charge in [-0.2, -0.15) is 0 Å². The molecule has 0 heterocycles. The molecule has 2 rings (SSSR count). The molecule has 0 amide bonds. The van der Waals surface area contributed by atoms with Gasteiger partial charge in [-0.1, -0.05) is 13.5 Å². The lowest BCUT2D eigenvalue weighted by Gasteiger charge is -2.40. The van der Waals surface area contributed by atoms with E-state index in [-0.39, 0.29) is 16.9 Å². The van der Waals surface area contributed by atoms with Crippen molar-refractivity contribution in [3.63, 3.8) is 0 Å². The zero-order valence-electron chi connectivity index (χ0n) is 18.0. The molecule has 2 aliphatic rings. The van der Waals surface area contributed by atoms with Crippen LogP contribution in [-0.4, -0.2) is 32.9 Å². The Morgan fingerprint density at radius 3 is 2.65 bits per heavy atom. The molecule has 0 aromatic carbocycles. The van der Waals surface area contributed by atoms with E-state index in [0.717, 1.165) is 51.6 Å². The van der Waals surface area contributed by atoms with Crippen LogP contribution in [0.3, 0.4) is 0 Å². The molecule has 3 nitrogen and oxygen atoms in total. The van der Waals surface area contributed by atoms with Crippen LogP contribution in [0.15, 0.2) is 12.2 Å². The monoisotopic (exact) mass is 380 g/mol. The van der Waals surface area contributed by atoms with Gasteiger partial charge < -0.3 is 9.16 Å². The van der Waals surface area contributed by atoms with Gasteiger partial charge in [0.25, 0.3) is 0 Å². The molecular weight excluding hydrogens is 340 g/mol. The fourth-order valence-electron chi connectivity index (χ4n) is 5.38. The van der Waals surface area contributed by atoms with Crippen LogP contribution in [0.2, 0.25) is 19.6 Å². The average Bonchev–Trinajstić information content (AvgIpc) is 2.82. The maximum absolute atomic E-state index is 12.3. The van der Waals surface area contributed by atoms with E-state index in [1.165, 1.54) is 5.57 Å².